The number of nitrogens with two attached hydrogens (primary N) is 1. The van der Waals surface area contributed by atoms with Crippen LogP contribution >= 0.6 is 0 Å². The molecule has 1 aliphatic rings. The fourth-order valence-electron chi connectivity index (χ4n) is 3.15. The van der Waals surface area contributed by atoms with E-state index >= 15 is 0 Å². The van der Waals surface area contributed by atoms with Gasteiger partial charge in [0, 0.05) is 0 Å². The Morgan fingerprint density at radius 2 is 1.94 bits per heavy atom. The second-order valence-electron chi connectivity index (χ2n) is 5.81. The molecule has 0 heterocycles. The van der Waals surface area contributed by atoms with Crippen molar-refractivity contribution in [3.8, 4) is 0 Å². The molecular formula is C14H29NO2S. The zero-order valence-electron chi connectivity index (χ0n) is 12.1. The van der Waals surface area contributed by atoms with Gasteiger partial charge in [0.2, 0.25) is 0 Å². The topological polar surface area (TPSA) is 60.2 Å². The van der Waals surface area contributed by atoms with E-state index in [0.717, 1.165) is 32.1 Å². The van der Waals surface area contributed by atoms with Crippen LogP contribution in [0.15, 0.2) is 0 Å². The van der Waals surface area contributed by atoms with Crippen LogP contribution in [0.4, 0.5) is 0 Å². The Bertz CT molecular complexity index is 340. The lowest BCUT2D eigenvalue weighted by atomic mass is 9.80. The SMILES string of the molecule is CCCC1CCC(CN)C(S(=O)(=O)C(C)CC)C1. The van der Waals surface area contributed by atoms with Gasteiger partial charge in [-0.05, 0) is 44.6 Å². The smallest absolute Gasteiger partial charge is 0.156 e. The minimum absolute atomic E-state index is 0.178. The monoisotopic (exact) mass is 275 g/mol. The summed E-state index contributed by atoms with van der Waals surface area (Å²) in [7, 11) is -3.00. The van der Waals surface area contributed by atoms with Crippen LogP contribution in [0.3, 0.4) is 0 Å². The van der Waals surface area contributed by atoms with E-state index in [9.17, 15) is 8.42 Å². The van der Waals surface area contributed by atoms with Gasteiger partial charge >= 0.3 is 0 Å². The van der Waals surface area contributed by atoms with Gasteiger partial charge in [-0.15, -0.1) is 0 Å². The highest BCUT2D eigenvalue weighted by molar-refractivity contribution is 7.92. The molecule has 1 fully saturated rings. The van der Waals surface area contributed by atoms with Crippen LogP contribution in [-0.2, 0) is 9.84 Å². The van der Waals surface area contributed by atoms with Gasteiger partial charge in [-0.3, -0.25) is 0 Å². The fourth-order valence-corrected chi connectivity index (χ4v) is 5.53. The first-order valence-electron chi connectivity index (χ1n) is 7.40. The van der Waals surface area contributed by atoms with Crippen molar-refractivity contribution in [1.82, 2.24) is 0 Å². The fraction of sp³-hybridized carbons (Fsp3) is 1.00. The highest BCUT2D eigenvalue weighted by atomic mass is 32.2. The molecular weight excluding hydrogens is 246 g/mol. The van der Waals surface area contributed by atoms with Crippen LogP contribution in [0, 0.1) is 11.8 Å². The molecule has 0 spiro atoms. The molecule has 4 unspecified atom stereocenters. The van der Waals surface area contributed by atoms with E-state index in [2.05, 4.69) is 6.92 Å². The number of hydrogen-bond donors (Lipinski definition) is 1. The maximum Gasteiger partial charge on any atom is 0.156 e. The van der Waals surface area contributed by atoms with Crippen LogP contribution in [0.5, 0.6) is 0 Å². The molecule has 0 radical (unpaired) electrons. The highest BCUT2D eigenvalue weighted by Gasteiger charge is 2.39. The molecule has 0 amide bonds. The van der Waals surface area contributed by atoms with Gasteiger partial charge in [0.1, 0.15) is 0 Å². The van der Waals surface area contributed by atoms with Gasteiger partial charge in [0.25, 0.3) is 0 Å². The lowest BCUT2D eigenvalue weighted by molar-refractivity contribution is 0.267. The van der Waals surface area contributed by atoms with Crippen LogP contribution in [-0.4, -0.2) is 25.5 Å². The Hall–Kier alpha value is -0.0900. The van der Waals surface area contributed by atoms with Gasteiger partial charge in [-0.1, -0.05) is 33.1 Å². The summed E-state index contributed by atoms with van der Waals surface area (Å²) in [5, 5.41) is -0.417. The molecule has 18 heavy (non-hydrogen) atoms. The molecule has 4 heteroatoms. The number of sulfone groups is 1. The molecule has 3 nitrogen and oxygen atoms in total. The minimum Gasteiger partial charge on any atom is -0.330 e. The Balaban J connectivity index is 2.86. The average Bonchev–Trinajstić information content (AvgIpc) is 2.38. The second kappa shape index (κ2) is 6.90. The van der Waals surface area contributed by atoms with Crippen molar-refractivity contribution in [3.63, 3.8) is 0 Å². The maximum absolute atomic E-state index is 12.6. The van der Waals surface area contributed by atoms with Crippen LogP contribution in [0.25, 0.3) is 0 Å². The summed E-state index contributed by atoms with van der Waals surface area (Å²) in [5.41, 5.74) is 5.79. The average molecular weight is 275 g/mol. The van der Waals surface area contributed by atoms with E-state index in [1.165, 1.54) is 0 Å². The normalized spacial score (nSPS) is 31.2. The summed E-state index contributed by atoms with van der Waals surface area (Å²) in [6, 6.07) is 0. The molecule has 0 bridgehead atoms. The van der Waals surface area contributed by atoms with E-state index in [-0.39, 0.29) is 16.4 Å². The lowest BCUT2D eigenvalue weighted by Gasteiger charge is -2.36. The molecule has 0 aromatic carbocycles. The molecule has 4 atom stereocenters. The number of rotatable bonds is 6. The summed E-state index contributed by atoms with van der Waals surface area (Å²) >= 11 is 0. The van der Waals surface area contributed by atoms with Crippen molar-refractivity contribution in [2.45, 2.75) is 69.8 Å². The Morgan fingerprint density at radius 1 is 1.28 bits per heavy atom. The summed E-state index contributed by atoms with van der Waals surface area (Å²) < 4.78 is 25.2. The molecule has 1 rings (SSSR count). The van der Waals surface area contributed by atoms with Crippen molar-refractivity contribution in [1.29, 1.82) is 0 Å². The van der Waals surface area contributed by atoms with Crippen molar-refractivity contribution in [2.24, 2.45) is 17.6 Å². The zero-order valence-corrected chi connectivity index (χ0v) is 12.9. The largest absolute Gasteiger partial charge is 0.330 e. The molecule has 108 valence electrons. The third-order valence-corrected chi connectivity index (χ3v) is 7.47. The summed E-state index contributed by atoms with van der Waals surface area (Å²) in [6.45, 7) is 6.48. The first kappa shape index (κ1) is 16.0. The van der Waals surface area contributed by atoms with Gasteiger partial charge in [-0.25, -0.2) is 8.42 Å². The van der Waals surface area contributed by atoms with Gasteiger partial charge in [0.05, 0.1) is 10.5 Å². The van der Waals surface area contributed by atoms with E-state index in [4.69, 9.17) is 5.73 Å². The zero-order chi connectivity index (χ0) is 13.8. The van der Waals surface area contributed by atoms with Gasteiger partial charge in [0.15, 0.2) is 9.84 Å². The van der Waals surface area contributed by atoms with Crippen LogP contribution in [0.1, 0.15) is 59.3 Å². The third-order valence-electron chi connectivity index (χ3n) is 4.59. The van der Waals surface area contributed by atoms with Crippen LogP contribution < -0.4 is 5.73 Å². The van der Waals surface area contributed by atoms with E-state index in [0.29, 0.717) is 18.9 Å². The summed E-state index contributed by atoms with van der Waals surface area (Å²) in [5.74, 6) is 0.763. The van der Waals surface area contributed by atoms with Crippen LogP contribution in [0.2, 0.25) is 0 Å². The van der Waals surface area contributed by atoms with E-state index in [1.54, 1.807) is 0 Å². The Labute approximate surface area is 112 Å². The Morgan fingerprint density at radius 3 is 2.44 bits per heavy atom. The predicted molar refractivity (Wildman–Crippen MR) is 77.3 cm³/mol. The molecule has 1 aliphatic carbocycles. The highest BCUT2D eigenvalue weighted by Crippen LogP contribution is 2.36. The summed E-state index contributed by atoms with van der Waals surface area (Å²) in [4.78, 5) is 0. The molecule has 2 N–H and O–H groups in total. The standard InChI is InChI=1S/C14H29NO2S/c1-4-6-12-7-8-13(10-15)14(9-12)18(16,17)11(3)5-2/h11-14H,4-10,15H2,1-3H3. The predicted octanol–water partition coefficient (Wildman–Crippen LogP) is 2.74. The lowest BCUT2D eigenvalue weighted by Crippen LogP contribution is -2.43. The van der Waals surface area contributed by atoms with E-state index in [1.807, 2.05) is 13.8 Å². The van der Waals surface area contributed by atoms with Crippen molar-refractivity contribution >= 4 is 9.84 Å². The van der Waals surface area contributed by atoms with Gasteiger partial charge in [-0.2, -0.15) is 0 Å². The first-order valence-corrected chi connectivity index (χ1v) is 9.01. The first-order chi connectivity index (χ1) is 8.47. The van der Waals surface area contributed by atoms with Crippen molar-refractivity contribution in [2.75, 3.05) is 6.54 Å². The molecule has 0 aliphatic heterocycles. The quantitative estimate of drug-likeness (QED) is 0.811. The summed E-state index contributed by atoms with van der Waals surface area (Å²) in [6.07, 6.45) is 5.98. The molecule has 1 saturated carbocycles. The van der Waals surface area contributed by atoms with Gasteiger partial charge < -0.3 is 5.73 Å². The minimum atomic E-state index is -3.00. The molecule has 0 saturated heterocycles. The number of hydrogen-bond acceptors (Lipinski definition) is 3. The van der Waals surface area contributed by atoms with Crippen molar-refractivity contribution in [3.05, 3.63) is 0 Å². The third kappa shape index (κ3) is 3.47. The van der Waals surface area contributed by atoms with E-state index < -0.39 is 9.84 Å². The second-order valence-corrected chi connectivity index (χ2v) is 8.40. The molecule has 0 aromatic heterocycles. The maximum atomic E-state index is 12.6. The molecule has 0 aromatic rings. The Kier molecular flexibility index (Phi) is 6.12. The van der Waals surface area contributed by atoms with Crippen molar-refractivity contribution < 1.29 is 8.42 Å².